The molecule has 0 aliphatic carbocycles. The second-order valence-electron chi connectivity index (χ2n) is 6.64. The summed E-state index contributed by atoms with van der Waals surface area (Å²) in [4.78, 5) is 28.0. The number of amides is 1. The second-order valence-corrected chi connectivity index (χ2v) is 9.21. The van der Waals surface area contributed by atoms with Crippen LogP contribution in [0.1, 0.15) is 12.8 Å². The van der Waals surface area contributed by atoms with E-state index in [1.165, 1.54) is 30.5 Å². The van der Waals surface area contributed by atoms with Gasteiger partial charge in [-0.15, -0.1) is 11.3 Å². The molecule has 2 saturated heterocycles. The fourth-order valence-electron chi connectivity index (χ4n) is 3.72. The molecule has 28 heavy (non-hydrogen) atoms. The first-order valence-corrected chi connectivity index (χ1v) is 10.9. The molecule has 0 saturated carbocycles. The third kappa shape index (κ3) is 3.48. The molecule has 9 nitrogen and oxygen atoms in total. The number of hydrogen-bond donors (Lipinski definition) is 3. The number of ether oxygens (including phenoxy) is 1. The maximum atomic E-state index is 12.6. The molecule has 2 bridgehead atoms. The average Bonchev–Trinajstić information content (AvgIpc) is 3.38. The highest BCUT2D eigenvalue weighted by Crippen LogP contribution is 2.44. The number of carbonyl (C=O) groups excluding carboxylic acids is 1. The molecule has 2 aromatic rings. The second kappa shape index (κ2) is 7.15. The number of hydrogen-bond acceptors (Lipinski definition) is 7. The fraction of sp³-hybridized carbons (Fsp3) is 0.353. The predicted molar refractivity (Wildman–Crippen MR) is 101 cm³/mol. The Labute approximate surface area is 164 Å². The molecule has 1 aromatic heterocycles. The number of nitrogens with one attached hydrogen (secondary N) is 2. The predicted octanol–water partition coefficient (Wildman–Crippen LogP) is 1.76. The van der Waals surface area contributed by atoms with Crippen LogP contribution in [0, 0.1) is 11.8 Å². The molecule has 2 aliphatic heterocycles. The summed E-state index contributed by atoms with van der Waals surface area (Å²) in [7, 11) is -3.78. The van der Waals surface area contributed by atoms with Crippen molar-refractivity contribution in [3.8, 4) is 0 Å². The van der Waals surface area contributed by atoms with Crippen LogP contribution in [0.25, 0.3) is 0 Å². The van der Waals surface area contributed by atoms with Crippen LogP contribution in [-0.2, 0) is 24.3 Å². The molecule has 2 fully saturated rings. The van der Waals surface area contributed by atoms with E-state index in [9.17, 15) is 23.1 Å². The lowest BCUT2D eigenvalue weighted by atomic mass is 9.78. The molecule has 1 amide bonds. The SMILES string of the molecule is O=C(Nc1ccc(S(=O)(=O)Nc2nccs2)cc1)[C@@H]1[C@H](C(=O)O)[C@H]2CC[C@H]1O2. The topological polar surface area (TPSA) is 135 Å². The van der Waals surface area contributed by atoms with E-state index < -0.39 is 45.9 Å². The summed E-state index contributed by atoms with van der Waals surface area (Å²) in [5, 5.41) is 14.0. The van der Waals surface area contributed by atoms with Gasteiger partial charge in [-0.25, -0.2) is 13.4 Å². The van der Waals surface area contributed by atoms with E-state index in [4.69, 9.17) is 4.74 Å². The molecule has 148 valence electrons. The maximum Gasteiger partial charge on any atom is 0.310 e. The van der Waals surface area contributed by atoms with E-state index >= 15 is 0 Å². The Morgan fingerprint density at radius 2 is 1.82 bits per heavy atom. The van der Waals surface area contributed by atoms with Crippen molar-refractivity contribution < 1.29 is 27.9 Å². The Bertz CT molecular complexity index is 990. The van der Waals surface area contributed by atoms with Gasteiger partial charge in [0.1, 0.15) is 0 Å². The number of anilines is 2. The van der Waals surface area contributed by atoms with Gasteiger partial charge < -0.3 is 15.2 Å². The van der Waals surface area contributed by atoms with Gasteiger partial charge in [-0.05, 0) is 37.1 Å². The Morgan fingerprint density at radius 3 is 2.43 bits per heavy atom. The van der Waals surface area contributed by atoms with Crippen LogP contribution in [0.3, 0.4) is 0 Å². The lowest BCUT2D eigenvalue weighted by Crippen LogP contribution is -2.40. The van der Waals surface area contributed by atoms with Gasteiger partial charge in [0.15, 0.2) is 5.13 Å². The molecule has 3 heterocycles. The molecule has 2 aliphatic rings. The van der Waals surface area contributed by atoms with Crippen LogP contribution in [0.15, 0.2) is 40.7 Å². The van der Waals surface area contributed by atoms with Crippen molar-refractivity contribution in [3.05, 3.63) is 35.8 Å². The van der Waals surface area contributed by atoms with Gasteiger partial charge in [0.05, 0.1) is 28.9 Å². The first kappa shape index (κ1) is 18.8. The minimum atomic E-state index is -3.78. The zero-order valence-corrected chi connectivity index (χ0v) is 16.1. The first-order chi connectivity index (χ1) is 13.3. The van der Waals surface area contributed by atoms with Crippen molar-refractivity contribution >= 4 is 44.1 Å². The van der Waals surface area contributed by atoms with Gasteiger partial charge in [-0.3, -0.25) is 14.3 Å². The molecule has 4 rings (SSSR count). The Morgan fingerprint density at radius 1 is 1.14 bits per heavy atom. The third-order valence-corrected chi connectivity index (χ3v) is 7.12. The van der Waals surface area contributed by atoms with Gasteiger partial charge >= 0.3 is 5.97 Å². The number of carbonyl (C=O) groups is 2. The van der Waals surface area contributed by atoms with E-state index in [2.05, 4.69) is 15.0 Å². The Kier molecular flexibility index (Phi) is 4.81. The van der Waals surface area contributed by atoms with Crippen LogP contribution in [-0.4, -0.2) is 42.6 Å². The van der Waals surface area contributed by atoms with Gasteiger partial charge in [0.2, 0.25) is 5.91 Å². The first-order valence-electron chi connectivity index (χ1n) is 8.57. The highest BCUT2D eigenvalue weighted by Gasteiger charge is 2.55. The van der Waals surface area contributed by atoms with Crippen LogP contribution in [0.2, 0.25) is 0 Å². The number of carboxylic acids is 1. The molecular weight excluding hydrogens is 406 g/mol. The normalized spacial score (nSPS) is 26.1. The lowest BCUT2D eigenvalue weighted by Gasteiger charge is -2.23. The quantitative estimate of drug-likeness (QED) is 0.644. The molecule has 0 spiro atoms. The summed E-state index contributed by atoms with van der Waals surface area (Å²) in [5.74, 6) is -3.09. The van der Waals surface area contributed by atoms with Crippen LogP contribution < -0.4 is 10.0 Å². The summed E-state index contributed by atoms with van der Waals surface area (Å²) in [6, 6.07) is 5.63. The molecule has 4 atom stereocenters. The lowest BCUT2D eigenvalue weighted by molar-refractivity contribution is -0.147. The number of benzene rings is 1. The summed E-state index contributed by atoms with van der Waals surface area (Å²) in [5.41, 5.74) is 0.380. The number of rotatable bonds is 6. The van der Waals surface area contributed by atoms with Gasteiger partial charge in [0, 0.05) is 17.3 Å². The van der Waals surface area contributed by atoms with Crippen molar-refractivity contribution in [2.75, 3.05) is 10.0 Å². The Balaban J connectivity index is 1.46. The van der Waals surface area contributed by atoms with Crippen molar-refractivity contribution in [3.63, 3.8) is 0 Å². The molecule has 11 heteroatoms. The summed E-state index contributed by atoms with van der Waals surface area (Å²) in [6.07, 6.45) is 1.97. The van der Waals surface area contributed by atoms with Gasteiger partial charge in [-0.1, -0.05) is 0 Å². The van der Waals surface area contributed by atoms with Crippen molar-refractivity contribution in [1.82, 2.24) is 4.98 Å². The molecule has 3 N–H and O–H groups in total. The van der Waals surface area contributed by atoms with E-state index in [0.29, 0.717) is 18.5 Å². The zero-order valence-electron chi connectivity index (χ0n) is 14.4. The molecule has 0 radical (unpaired) electrons. The summed E-state index contributed by atoms with van der Waals surface area (Å²) < 4.78 is 32.6. The van der Waals surface area contributed by atoms with E-state index in [-0.39, 0.29) is 10.0 Å². The minimum absolute atomic E-state index is 0.0207. The van der Waals surface area contributed by atoms with Crippen molar-refractivity contribution in [1.29, 1.82) is 0 Å². The summed E-state index contributed by atoms with van der Waals surface area (Å²) >= 11 is 1.16. The van der Waals surface area contributed by atoms with E-state index in [1.807, 2.05) is 0 Å². The van der Waals surface area contributed by atoms with E-state index in [0.717, 1.165) is 11.3 Å². The van der Waals surface area contributed by atoms with Crippen molar-refractivity contribution in [2.24, 2.45) is 11.8 Å². The minimum Gasteiger partial charge on any atom is -0.481 e. The zero-order chi connectivity index (χ0) is 19.9. The number of nitrogens with zero attached hydrogens (tertiary/aromatic N) is 1. The fourth-order valence-corrected chi connectivity index (χ4v) is 5.50. The molecule has 0 unspecified atom stereocenters. The number of thiazole rings is 1. The highest BCUT2D eigenvalue weighted by atomic mass is 32.2. The monoisotopic (exact) mass is 423 g/mol. The van der Waals surface area contributed by atoms with Gasteiger partial charge in [-0.2, -0.15) is 0 Å². The summed E-state index contributed by atoms with van der Waals surface area (Å²) in [6.45, 7) is 0. The average molecular weight is 423 g/mol. The molecule has 1 aromatic carbocycles. The molecular formula is C17H17N3O6S2. The Hall–Kier alpha value is -2.50. The number of aromatic nitrogens is 1. The number of carboxylic acid groups (broad SMARTS) is 1. The van der Waals surface area contributed by atoms with Crippen LogP contribution >= 0.6 is 11.3 Å². The number of fused-ring (bicyclic) bond motifs is 2. The maximum absolute atomic E-state index is 12.6. The highest BCUT2D eigenvalue weighted by molar-refractivity contribution is 7.93. The van der Waals surface area contributed by atoms with Crippen LogP contribution in [0.4, 0.5) is 10.8 Å². The van der Waals surface area contributed by atoms with Crippen LogP contribution in [0.5, 0.6) is 0 Å². The van der Waals surface area contributed by atoms with E-state index in [1.54, 1.807) is 5.38 Å². The third-order valence-electron chi connectivity index (χ3n) is 4.95. The largest absolute Gasteiger partial charge is 0.481 e. The van der Waals surface area contributed by atoms with Gasteiger partial charge in [0.25, 0.3) is 10.0 Å². The number of sulfonamides is 1. The number of aliphatic carboxylic acids is 1. The smallest absolute Gasteiger partial charge is 0.310 e. The van der Waals surface area contributed by atoms with Crippen molar-refractivity contribution in [2.45, 2.75) is 29.9 Å². The standard InChI is InChI=1S/C17H17N3O6S2/c21-15(13-11-5-6-12(26-11)14(13)16(22)23)19-9-1-3-10(4-2-9)28(24,25)20-17-18-7-8-27-17/h1-4,7-8,11-14H,5-6H2,(H,18,20)(H,19,21)(H,22,23)/t11-,12-,13+,14-/m1/s1.